The number of amides is 4. The Morgan fingerprint density at radius 3 is 2.33 bits per heavy atom. The van der Waals surface area contributed by atoms with Crippen molar-refractivity contribution in [1.82, 2.24) is 25.8 Å². The van der Waals surface area contributed by atoms with E-state index in [2.05, 4.69) is 33.0 Å². The van der Waals surface area contributed by atoms with Crippen molar-refractivity contribution in [2.45, 2.75) is 62.8 Å². The molecule has 1 saturated carbocycles. The fourth-order valence-corrected chi connectivity index (χ4v) is 6.38. The first kappa shape index (κ1) is 34.1. The van der Waals surface area contributed by atoms with Gasteiger partial charge in [-0.2, -0.15) is 0 Å². The molecule has 11 nitrogen and oxygen atoms in total. The minimum atomic E-state index is -0.989. The van der Waals surface area contributed by atoms with Gasteiger partial charge >= 0.3 is 0 Å². The van der Waals surface area contributed by atoms with Crippen molar-refractivity contribution < 1.29 is 28.7 Å². The lowest BCUT2D eigenvalue weighted by atomic mass is 10.0. The molecule has 3 N–H and O–H groups in total. The van der Waals surface area contributed by atoms with E-state index in [4.69, 9.17) is 9.47 Å². The Morgan fingerprint density at radius 1 is 0.898 bits per heavy atom. The Bertz CT molecular complexity index is 1620. The molecule has 258 valence electrons. The van der Waals surface area contributed by atoms with Crippen molar-refractivity contribution in [3.8, 4) is 5.75 Å². The van der Waals surface area contributed by atoms with Gasteiger partial charge in [0.2, 0.25) is 17.7 Å². The molecule has 1 saturated heterocycles. The zero-order chi connectivity index (χ0) is 34.2. The first-order valence-corrected chi connectivity index (χ1v) is 17.1. The van der Waals surface area contributed by atoms with Gasteiger partial charge in [-0.3, -0.25) is 24.1 Å². The molecule has 2 atom stereocenters. The number of nitrogens with one attached hydrogen (secondary N) is 3. The average molecular weight is 668 g/mol. The fourth-order valence-electron chi connectivity index (χ4n) is 6.38. The average Bonchev–Trinajstić information content (AvgIpc) is 3.91. The van der Waals surface area contributed by atoms with E-state index in [-0.39, 0.29) is 49.4 Å². The predicted molar refractivity (Wildman–Crippen MR) is 184 cm³/mol. The molecule has 2 aliphatic heterocycles. The molecule has 2 heterocycles. The van der Waals surface area contributed by atoms with E-state index in [0.717, 1.165) is 44.0 Å². The topological polar surface area (TPSA) is 129 Å². The molecule has 0 bridgehead atoms. The molecule has 1 spiro atoms. The number of carbonyl (C=O) groups is 4. The van der Waals surface area contributed by atoms with Gasteiger partial charge in [0.05, 0.1) is 24.8 Å². The Hall–Kier alpha value is -4.74. The van der Waals surface area contributed by atoms with Crippen LogP contribution in [0.5, 0.6) is 5.75 Å². The summed E-state index contributed by atoms with van der Waals surface area (Å²) in [6.07, 6.45) is 1.62. The molecular formula is C38H45N5O6. The standard InChI is InChI=1S/C38H45N5O6/c1-42-30(23-27-7-3-2-4-8-27)26-49-33-10-6-5-9-31(33)35(45)40-32(15-16-34(44)41-38(17-18-38)37(42)47)36(46)39-24-28-11-13-29(14-12-28)25-43-19-21-48-22-20-43/h2-14,30,32H,15-26H2,1H3,(H,39,46)(H,40,45)(H,41,44)/t30-,32-/m0/s1. The van der Waals surface area contributed by atoms with E-state index in [1.54, 1.807) is 36.2 Å². The van der Waals surface area contributed by atoms with Crippen LogP contribution in [-0.2, 0) is 38.6 Å². The van der Waals surface area contributed by atoms with Gasteiger partial charge in [0, 0.05) is 39.6 Å². The second-order valence-electron chi connectivity index (χ2n) is 13.2. The number of para-hydroxylation sites is 1. The highest BCUT2D eigenvalue weighted by Crippen LogP contribution is 2.38. The van der Waals surface area contributed by atoms with Gasteiger partial charge < -0.3 is 30.3 Å². The number of rotatable bonds is 7. The lowest BCUT2D eigenvalue weighted by molar-refractivity contribution is -0.139. The van der Waals surface area contributed by atoms with E-state index in [1.807, 2.05) is 42.5 Å². The maximum absolute atomic E-state index is 13.8. The van der Waals surface area contributed by atoms with Crippen LogP contribution in [0.15, 0.2) is 78.9 Å². The molecule has 49 heavy (non-hydrogen) atoms. The van der Waals surface area contributed by atoms with E-state index >= 15 is 0 Å². The van der Waals surface area contributed by atoms with Crippen molar-refractivity contribution in [2.75, 3.05) is 40.0 Å². The maximum atomic E-state index is 13.8. The van der Waals surface area contributed by atoms with Gasteiger partial charge in [-0.1, -0.05) is 66.7 Å². The Morgan fingerprint density at radius 2 is 1.59 bits per heavy atom. The lowest BCUT2D eigenvalue weighted by Crippen LogP contribution is -2.54. The molecule has 2 fully saturated rings. The molecule has 11 heteroatoms. The predicted octanol–water partition coefficient (Wildman–Crippen LogP) is 2.82. The van der Waals surface area contributed by atoms with Crippen molar-refractivity contribution in [3.05, 3.63) is 101 Å². The van der Waals surface area contributed by atoms with Gasteiger partial charge in [-0.05, 0) is 54.5 Å². The highest BCUT2D eigenvalue weighted by Gasteiger charge is 2.53. The smallest absolute Gasteiger partial charge is 0.255 e. The van der Waals surface area contributed by atoms with Gasteiger partial charge in [0.1, 0.15) is 23.9 Å². The summed E-state index contributed by atoms with van der Waals surface area (Å²) in [7, 11) is 1.74. The number of hydrogen-bond acceptors (Lipinski definition) is 7. The molecule has 4 amide bonds. The fraction of sp³-hybridized carbons (Fsp3) is 0.421. The number of benzene rings is 3. The van der Waals surface area contributed by atoms with Crippen LogP contribution in [-0.4, -0.2) is 91.0 Å². The van der Waals surface area contributed by atoms with Crippen LogP contribution in [0.3, 0.4) is 0 Å². The van der Waals surface area contributed by atoms with Crippen molar-refractivity contribution in [3.63, 3.8) is 0 Å². The molecule has 3 aromatic carbocycles. The van der Waals surface area contributed by atoms with Crippen LogP contribution in [0.1, 0.15) is 52.7 Å². The number of likely N-dealkylation sites (N-methyl/N-ethyl adjacent to an activating group) is 1. The monoisotopic (exact) mass is 667 g/mol. The van der Waals surface area contributed by atoms with Crippen LogP contribution in [0.2, 0.25) is 0 Å². The third-order valence-electron chi connectivity index (χ3n) is 9.56. The number of morpholine rings is 1. The van der Waals surface area contributed by atoms with Gasteiger partial charge in [-0.15, -0.1) is 0 Å². The number of ether oxygens (including phenoxy) is 2. The van der Waals surface area contributed by atoms with Crippen molar-refractivity contribution in [2.24, 2.45) is 0 Å². The molecule has 3 aliphatic rings. The zero-order valence-electron chi connectivity index (χ0n) is 28.0. The summed E-state index contributed by atoms with van der Waals surface area (Å²) in [5.74, 6) is -1.05. The molecule has 0 aromatic heterocycles. The number of nitrogens with zero attached hydrogens (tertiary/aromatic N) is 2. The second kappa shape index (κ2) is 15.7. The SMILES string of the molecule is CN1C(=O)C2(CC2)NC(=O)CC[C@@H](C(=O)NCc2ccc(CN3CCOCC3)cc2)NC(=O)c2ccccc2OC[C@@H]1Cc1ccccc1. The molecule has 3 aromatic rings. The van der Waals surface area contributed by atoms with E-state index < -0.39 is 23.4 Å². The maximum Gasteiger partial charge on any atom is 0.255 e. The summed E-state index contributed by atoms with van der Waals surface area (Å²) in [6, 6.07) is 23.4. The normalized spacial score (nSPS) is 21.7. The Labute approximate surface area is 287 Å². The van der Waals surface area contributed by atoms with Crippen LogP contribution in [0.25, 0.3) is 0 Å². The van der Waals surface area contributed by atoms with Gasteiger partial charge in [0.25, 0.3) is 5.91 Å². The molecule has 0 unspecified atom stereocenters. The summed E-state index contributed by atoms with van der Waals surface area (Å²) in [4.78, 5) is 58.3. The van der Waals surface area contributed by atoms with Crippen molar-refractivity contribution in [1.29, 1.82) is 0 Å². The van der Waals surface area contributed by atoms with Crippen LogP contribution >= 0.6 is 0 Å². The summed E-state index contributed by atoms with van der Waals surface area (Å²) >= 11 is 0. The van der Waals surface area contributed by atoms with Gasteiger partial charge in [-0.25, -0.2) is 0 Å². The van der Waals surface area contributed by atoms with Crippen LogP contribution < -0.4 is 20.7 Å². The Balaban J connectivity index is 1.17. The van der Waals surface area contributed by atoms with Crippen molar-refractivity contribution >= 4 is 23.6 Å². The quantitative estimate of drug-likeness (QED) is 0.354. The van der Waals surface area contributed by atoms with E-state index in [1.165, 1.54) is 5.56 Å². The highest BCUT2D eigenvalue weighted by atomic mass is 16.5. The van der Waals surface area contributed by atoms with Crippen LogP contribution in [0.4, 0.5) is 0 Å². The summed E-state index contributed by atoms with van der Waals surface area (Å²) in [5, 5.41) is 8.75. The van der Waals surface area contributed by atoms with Crippen LogP contribution in [0, 0.1) is 0 Å². The van der Waals surface area contributed by atoms with Gasteiger partial charge in [0.15, 0.2) is 0 Å². The number of carbonyl (C=O) groups excluding carboxylic acids is 4. The summed E-state index contributed by atoms with van der Waals surface area (Å²) in [5.41, 5.74) is 2.42. The zero-order valence-corrected chi connectivity index (χ0v) is 28.0. The summed E-state index contributed by atoms with van der Waals surface area (Å²) < 4.78 is 11.7. The first-order valence-electron chi connectivity index (χ1n) is 17.1. The second-order valence-corrected chi connectivity index (χ2v) is 13.2. The van der Waals surface area contributed by atoms with E-state index in [9.17, 15) is 19.2 Å². The minimum Gasteiger partial charge on any atom is -0.491 e. The largest absolute Gasteiger partial charge is 0.491 e. The highest BCUT2D eigenvalue weighted by molar-refractivity contribution is 6.00. The molecular weight excluding hydrogens is 622 g/mol. The lowest BCUT2D eigenvalue weighted by Gasteiger charge is -2.32. The molecule has 0 radical (unpaired) electrons. The first-order chi connectivity index (χ1) is 23.8. The Kier molecular flexibility index (Phi) is 10.9. The third-order valence-corrected chi connectivity index (χ3v) is 9.56. The molecule has 6 rings (SSSR count). The molecule has 1 aliphatic carbocycles. The third kappa shape index (κ3) is 8.84. The number of hydrogen-bond donors (Lipinski definition) is 3. The minimum absolute atomic E-state index is 0.0427. The summed E-state index contributed by atoms with van der Waals surface area (Å²) in [6.45, 7) is 4.53. The number of fused-ring (bicyclic) bond motifs is 1. The van der Waals surface area contributed by atoms with E-state index in [0.29, 0.717) is 25.0 Å².